The normalized spacial score (nSPS) is 26.2. The Balaban J connectivity index is 1.35. The summed E-state index contributed by atoms with van der Waals surface area (Å²) in [5.41, 5.74) is 7.29. The molecule has 36 heavy (non-hydrogen) atoms. The quantitative estimate of drug-likeness (QED) is 0.496. The van der Waals surface area contributed by atoms with Gasteiger partial charge in [-0.1, -0.05) is 39.0 Å². The Hall–Kier alpha value is -2.53. The fraction of sp³-hybridized carbons (Fsp3) is 0.581. The number of hydrogen-bond acceptors (Lipinski definition) is 4. The molecule has 2 aromatic carbocycles. The highest BCUT2D eigenvalue weighted by Gasteiger charge is 2.40. The Kier molecular flexibility index (Phi) is 7.04. The summed E-state index contributed by atoms with van der Waals surface area (Å²) in [6, 6.07) is 11.1. The standard InChI is InChI=1S/C31H42N2O3/c1-6-15-35-28-20(2)16-25(17-21(28)3)23-7-8-26-24(18-23)9-12-31(4,5)29(26)32-30(34)36-27-19-33-13-10-22(27)11-14-33/h7-8,16-18,22,27,29H,6,9-15,19H2,1-5H3,(H,32,34)/t27-,29+/m1/s1. The second-order valence-corrected chi connectivity index (χ2v) is 11.8. The van der Waals surface area contributed by atoms with Gasteiger partial charge in [0, 0.05) is 6.54 Å². The molecule has 3 aliphatic heterocycles. The van der Waals surface area contributed by atoms with Crippen LogP contribution in [0.5, 0.6) is 5.75 Å². The SMILES string of the molecule is CCCOc1c(C)cc(-c2ccc3c(c2)CCC(C)(C)[C@H]3NC(=O)O[C@@H]2CN3CCC2CC3)cc1C. The largest absolute Gasteiger partial charge is 0.493 e. The van der Waals surface area contributed by atoms with E-state index in [1.54, 1.807) is 0 Å². The number of amides is 1. The van der Waals surface area contributed by atoms with Gasteiger partial charge in [0.15, 0.2) is 0 Å². The molecule has 6 rings (SSSR count). The zero-order chi connectivity index (χ0) is 25.4. The minimum atomic E-state index is -0.266. The number of carbonyl (C=O) groups is 1. The molecule has 2 aromatic rings. The molecule has 0 unspecified atom stereocenters. The van der Waals surface area contributed by atoms with E-state index >= 15 is 0 Å². The van der Waals surface area contributed by atoms with Crippen LogP contribution in [-0.2, 0) is 11.2 Å². The third-order valence-electron chi connectivity index (χ3n) is 8.64. The molecule has 4 aliphatic rings. The van der Waals surface area contributed by atoms with Crippen LogP contribution in [0.4, 0.5) is 4.79 Å². The Bertz CT molecular complexity index is 1090. The van der Waals surface area contributed by atoms with E-state index in [0.29, 0.717) is 5.92 Å². The number of carbonyl (C=O) groups excluding carboxylic acids is 1. The first kappa shape index (κ1) is 25.1. The number of piperidine rings is 3. The summed E-state index contributed by atoms with van der Waals surface area (Å²) >= 11 is 0. The summed E-state index contributed by atoms with van der Waals surface area (Å²) in [6.45, 7) is 14.8. The molecule has 2 bridgehead atoms. The number of nitrogens with one attached hydrogen (secondary N) is 1. The third-order valence-corrected chi connectivity index (χ3v) is 8.64. The van der Waals surface area contributed by atoms with Crippen LogP contribution in [0.15, 0.2) is 30.3 Å². The first-order valence-electron chi connectivity index (χ1n) is 13.8. The fourth-order valence-electron chi connectivity index (χ4n) is 6.46. The number of ether oxygens (including phenoxy) is 2. The summed E-state index contributed by atoms with van der Waals surface area (Å²) in [4.78, 5) is 15.5. The predicted octanol–water partition coefficient (Wildman–Crippen LogP) is 6.59. The van der Waals surface area contributed by atoms with Gasteiger partial charge < -0.3 is 14.8 Å². The average molecular weight is 491 g/mol. The van der Waals surface area contributed by atoms with Gasteiger partial charge in [0.1, 0.15) is 11.9 Å². The molecule has 2 atom stereocenters. The molecule has 5 heteroatoms. The number of fused-ring (bicyclic) bond motifs is 4. The van der Waals surface area contributed by atoms with Crippen molar-refractivity contribution in [3.63, 3.8) is 0 Å². The van der Waals surface area contributed by atoms with Crippen LogP contribution in [0.3, 0.4) is 0 Å². The maximum Gasteiger partial charge on any atom is 0.407 e. The number of aryl methyl sites for hydroxylation is 3. The highest BCUT2D eigenvalue weighted by Crippen LogP contribution is 2.45. The van der Waals surface area contributed by atoms with Crippen molar-refractivity contribution in [3.8, 4) is 16.9 Å². The van der Waals surface area contributed by atoms with Crippen molar-refractivity contribution in [2.45, 2.75) is 78.9 Å². The summed E-state index contributed by atoms with van der Waals surface area (Å²) in [5.74, 6) is 1.52. The van der Waals surface area contributed by atoms with Crippen LogP contribution in [0, 0.1) is 25.2 Å². The average Bonchev–Trinajstić information content (AvgIpc) is 2.86. The van der Waals surface area contributed by atoms with Crippen LogP contribution in [0.1, 0.15) is 74.8 Å². The summed E-state index contributed by atoms with van der Waals surface area (Å²) < 4.78 is 12.0. The van der Waals surface area contributed by atoms with Gasteiger partial charge in [-0.05, 0) is 116 Å². The van der Waals surface area contributed by atoms with Gasteiger partial charge in [-0.15, -0.1) is 0 Å². The van der Waals surface area contributed by atoms with Gasteiger partial charge in [0.05, 0.1) is 12.6 Å². The van der Waals surface area contributed by atoms with Crippen molar-refractivity contribution in [2.75, 3.05) is 26.2 Å². The first-order valence-corrected chi connectivity index (χ1v) is 13.8. The van der Waals surface area contributed by atoms with Crippen molar-refractivity contribution in [3.05, 3.63) is 52.6 Å². The number of benzene rings is 2. The Morgan fingerprint density at radius 1 is 1.08 bits per heavy atom. The maximum absolute atomic E-state index is 13.1. The molecular weight excluding hydrogens is 448 g/mol. The monoisotopic (exact) mass is 490 g/mol. The van der Waals surface area contributed by atoms with Gasteiger partial charge in [-0.2, -0.15) is 0 Å². The lowest BCUT2D eigenvalue weighted by atomic mass is 9.70. The highest BCUT2D eigenvalue weighted by molar-refractivity contribution is 5.71. The van der Waals surface area contributed by atoms with Crippen molar-refractivity contribution >= 4 is 6.09 Å². The fourth-order valence-corrected chi connectivity index (χ4v) is 6.46. The van der Waals surface area contributed by atoms with Gasteiger partial charge in [-0.3, -0.25) is 4.90 Å². The second-order valence-electron chi connectivity index (χ2n) is 11.8. The van der Waals surface area contributed by atoms with E-state index in [1.807, 2.05) is 0 Å². The molecular formula is C31H42N2O3. The molecule has 1 amide bonds. The van der Waals surface area contributed by atoms with Crippen molar-refractivity contribution in [2.24, 2.45) is 11.3 Å². The number of nitrogens with zero attached hydrogens (tertiary/aromatic N) is 1. The Labute approximate surface area is 216 Å². The van der Waals surface area contributed by atoms with E-state index in [9.17, 15) is 4.79 Å². The Morgan fingerprint density at radius 2 is 1.81 bits per heavy atom. The van der Waals surface area contributed by atoms with Crippen LogP contribution >= 0.6 is 0 Å². The molecule has 3 saturated heterocycles. The molecule has 0 aromatic heterocycles. The van der Waals surface area contributed by atoms with Gasteiger partial charge in [0.2, 0.25) is 0 Å². The van der Waals surface area contributed by atoms with Crippen LogP contribution in [0.25, 0.3) is 11.1 Å². The van der Waals surface area contributed by atoms with Crippen LogP contribution < -0.4 is 10.1 Å². The lowest BCUT2D eigenvalue weighted by molar-refractivity contribution is -0.0353. The maximum atomic E-state index is 13.1. The second kappa shape index (κ2) is 10.1. The van der Waals surface area contributed by atoms with E-state index in [0.717, 1.165) is 64.1 Å². The van der Waals surface area contributed by atoms with Gasteiger partial charge >= 0.3 is 6.09 Å². The molecule has 0 radical (unpaired) electrons. The van der Waals surface area contributed by atoms with E-state index in [-0.39, 0.29) is 23.7 Å². The number of hydrogen-bond donors (Lipinski definition) is 1. The molecule has 194 valence electrons. The third kappa shape index (κ3) is 5.00. The molecule has 5 nitrogen and oxygen atoms in total. The zero-order valence-electron chi connectivity index (χ0n) is 22.7. The molecule has 1 N–H and O–H groups in total. The van der Waals surface area contributed by atoms with E-state index < -0.39 is 0 Å². The van der Waals surface area contributed by atoms with E-state index in [1.165, 1.54) is 33.4 Å². The minimum absolute atomic E-state index is 0.0248. The zero-order valence-corrected chi connectivity index (χ0v) is 22.7. The minimum Gasteiger partial charge on any atom is -0.493 e. The number of alkyl carbamates (subject to hydrolysis) is 1. The summed E-state index contributed by atoms with van der Waals surface area (Å²) in [6.07, 6.45) is 5.08. The van der Waals surface area contributed by atoms with Gasteiger partial charge in [-0.25, -0.2) is 4.79 Å². The molecule has 3 heterocycles. The first-order chi connectivity index (χ1) is 17.2. The predicted molar refractivity (Wildman–Crippen MR) is 145 cm³/mol. The van der Waals surface area contributed by atoms with Crippen molar-refractivity contribution in [1.82, 2.24) is 10.2 Å². The molecule has 3 fully saturated rings. The Morgan fingerprint density at radius 3 is 2.44 bits per heavy atom. The van der Waals surface area contributed by atoms with Crippen molar-refractivity contribution in [1.29, 1.82) is 0 Å². The topological polar surface area (TPSA) is 50.8 Å². The van der Waals surface area contributed by atoms with Crippen LogP contribution in [0.2, 0.25) is 0 Å². The smallest absolute Gasteiger partial charge is 0.407 e. The molecule has 0 saturated carbocycles. The lowest BCUT2D eigenvalue weighted by Gasteiger charge is -2.44. The van der Waals surface area contributed by atoms with Crippen LogP contribution in [-0.4, -0.2) is 43.3 Å². The molecule has 0 spiro atoms. The van der Waals surface area contributed by atoms with E-state index in [2.05, 4.69) is 75.2 Å². The van der Waals surface area contributed by atoms with Gasteiger partial charge in [0.25, 0.3) is 0 Å². The summed E-state index contributed by atoms with van der Waals surface area (Å²) in [5, 5.41) is 3.28. The lowest BCUT2D eigenvalue weighted by Crippen LogP contribution is -2.53. The van der Waals surface area contributed by atoms with E-state index in [4.69, 9.17) is 9.47 Å². The summed E-state index contributed by atoms with van der Waals surface area (Å²) in [7, 11) is 0. The highest BCUT2D eigenvalue weighted by atomic mass is 16.6. The van der Waals surface area contributed by atoms with Crippen molar-refractivity contribution < 1.29 is 14.3 Å². The number of rotatable bonds is 6. The molecule has 1 aliphatic carbocycles.